The van der Waals surface area contributed by atoms with E-state index in [1.165, 1.54) is 17.7 Å². The van der Waals surface area contributed by atoms with Gasteiger partial charge in [-0.15, -0.1) is 0 Å². The van der Waals surface area contributed by atoms with Crippen molar-refractivity contribution in [2.45, 2.75) is 19.5 Å². The topological polar surface area (TPSA) is 108 Å². The molecular formula is C22H26ClN7O4. The zero-order chi connectivity index (χ0) is 24.7. The third kappa shape index (κ3) is 3.90. The Balaban J connectivity index is 1.84. The van der Waals surface area contributed by atoms with Gasteiger partial charge in [0.15, 0.2) is 5.69 Å². The van der Waals surface area contributed by atoms with E-state index in [9.17, 15) is 9.59 Å². The predicted octanol–water partition coefficient (Wildman–Crippen LogP) is 2.13. The Morgan fingerprint density at radius 2 is 1.97 bits per heavy atom. The molecule has 3 aromatic heterocycles. The first-order chi connectivity index (χ1) is 16.2. The maximum atomic E-state index is 13.4. The number of nitrogens with zero attached hydrogens (tertiary/aromatic N) is 7. The molecule has 0 radical (unpaired) electrons. The summed E-state index contributed by atoms with van der Waals surface area (Å²) in [5.41, 5.74) is 1.77. The molecule has 1 atom stereocenters. The minimum atomic E-state index is -0.332. The van der Waals surface area contributed by atoms with Gasteiger partial charge >= 0.3 is 0 Å². The van der Waals surface area contributed by atoms with Crippen molar-refractivity contribution in [2.24, 2.45) is 7.05 Å². The molecule has 1 amide bonds. The molecule has 11 nitrogen and oxygen atoms in total. The molecule has 12 heteroatoms. The monoisotopic (exact) mass is 487 g/mol. The van der Waals surface area contributed by atoms with Gasteiger partial charge in [-0.3, -0.25) is 14.5 Å². The Morgan fingerprint density at radius 1 is 1.24 bits per heavy atom. The number of anilines is 2. The van der Waals surface area contributed by atoms with E-state index in [4.69, 9.17) is 26.1 Å². The lowest BCUT2D eigenvalue weighted by atomic mass is 10.2. The van der Waals surface area contributed by atoms with Crippen molar-refractivity contribution in [1.29, 1.82) is 0 Å². The summed E-state index contributed by atoms with van der Waals surface area (Å²) in [6, 6.07) is 1.35. The van der Waals surface area contributed by atoms with E-state index in [-0.39, 0.29) is 29.1 Å². The number of hydrogen-bond donors (Lipinski definition) is 0. The number of carbonyl (C=O) groups excluding carboxylic acids is 1. The van der Waals surface area contributed by atoms with Gasteiger partial charge in [0.2, 0.25) is 11.8 Å². The number of methoxy groups -OCH3 is 2. The van der Waals surface area contributed by atoms with Crippen LogP contribution in [-0.2, 0) is 18.3 Å². The molecule has 180 valence electrons. The van der Waals surface area contributed by atoms with Crippen LogP contribution in [0.15, 0.2) is 23.3 Å². The average molecular weight is 488 g/mol. The third-order valence-corrected chi connectivity index (χ3v) is 5.90. The summed E-state index contributed by atoms with van der Waals surface area (Å²) in [6.45, 7) is 2.63. The SMILES string of the molecule is COCC(C)n1c(-c2cnc(N(C)C)nc2OC)nc2c1CN(c1cc(Cl)c(=O)n(C)c1)C2=O. The maximum absolute atomic E-state index is 13.4. The molecule has 0 bridgehead atoms. The molecule has 34 heavy (non-hydrogen) atoms. The van der Waals surface area contributed by atoms with Gasteiger partial charge in [-0.05, 0) is 13.0 Å². The predicted molar refractivity (Wildman–Crippen MR) is 128 cm³/mol. The number of rotatable bonds is 7. The van der Waals surface area contributed by atoms with Gasteiger partial charge in [-0.2, -0.15) is 4.98 Å². The van der Waals surface area contributed by atoms with Gasteiger partial charge < -0.3 is 23.5 Å². The van der Waals surface area contributed by atoms with Crippen LogP contribution in [0, 0.1) is 0 Å². The molecule has 0 spiro atoms. The second-order valence-corrected chi connectivity index (χ2v) is 8.65. The van der Waals surface area contributed by atoms with Crippen LogP contribution in [0.25, 0.3) is 11.4 Å². The number of carbonyl (C=O) groups is 1. The lowest BCUT2D eigenvalue weighted by molar-refractivity contribution is 0.0992. The minimum absolute atomic E-state index is 0.0384. The van der Waals surface area contributed by atoms with Crippen molar-refractivity contribution in [3.63, 3.8) is 0 Å². The normalized spacial score (nSPS) is 13.9. The van der Waals surface area contributed by atoms with Gasteiger partial charge in [-0.1, -0.05) is 11.6 Å². The molecule has 1 unspecified atom stereocenters. The van der Waals surface area contributed by atoms with E-state index >= 15 is 0 Å². The zero-order valence-electron chi connectivity index (χ0n) is 19.9. The number of pyridine rings is 1. The Bertz CT molecular complexity index is 1290. The summed E-state index contributed by atoms with van der Waals surface area (Å²) in [4.78, 5) is 42.3. The van der Waals surface area contributed by atoms with E-state index < -0.39 is 0 Å². The molecule has 0 aromatic carbocycles. The van der Waals surface area contributed by atoms with Crippen LogP contribution in [0.4, 0.5) is 11.6 Å². The van der Waals surface area contributed by atoms with Gasteiger partial charge in [0.05, 0.1) is 43.2 Å². The van der Waals surface area contributed by atoms with Crippen LogP contribution in [-0.4, -0.2) is 64.9 Å². The highest BCUT2D eigenvalue weighted by Gasteiger charge is 2.37. The van der Waals surface area contributed by atoms with Crippen molar-refractivity contribution < 1.29 is 14.3 Å². The molecule has 3 aromatic rings. The van der Waals surface area contributed by atoms with E-state index in [1.807, 2.05) is 25.6 Å². The Kier molecular flexibility index (Phi) is 6.32. The molecule has 0 N–H and O–H groups in total. The molecule has 0 saturated carbocycles. The van der Waals surface area contributed by atoms with Crippen LogP contribution in [0.2, 0.25) is 5.02 Å². The van der Waals surface area contributed by atoms with Crippen molar-refractivity contribution in [1.82, 2.24) is 24.1 Å². The number of hydrogen-bond acceptors (Lipinski definition) is 8. The Morgan fingerprint density at radius 3 is 2.59 bits per heavy atom. The number of aromatic nitrogens is 5. The molecule has 0 fully saturated rings. The largest absolute Gasteiger partial charge is 0.480 e. The van der Waals surface area contributed by atoms with E-state index in [0.29, 0.717) is 46.9 Å². The molecule has 0 aliphatic carbocycles. The third-order valence-electron chi connectivity index (χ3n) is 5.63. The number of halogens is 1. The van der Waals surface area contributed by atoms with Crippen LogP contribution in [0.5, 0.6) is 5.88 Å². The molecule has 1 aliphatic heterocycles. The van der Waals surface area contributed by atoms with Crippen molar-refractivity contribution in [3.05, 3.63) is 45.2 Å². The van der Waals surface area contributed by atoms with Crippen molar-refractivity contribution in [3.8, 4) is 17.3 Å². The smallest absolute Gasteiger partial charge is 0.279 e. The van der Waals surface area contributed by atoms with Crippen molar-refractivity contribution >= 4 is 29.1 Å². The lowest BCUT2D eigenvalue weighted by Gasteiger charge is -2.22. The summed E-state index contributed by atoms with van der Waals surface area (Å²) in [5.74, 6) is 1.06. The quantitative estimate of drug-likeness (QED) is 0.499. The fourth-order valence-corrected chi connectivity index (χ4v) is 4.26. The Hall–Kier alpha value is -3.44. The summed E-state index contributed by atoms with van der Waals surface area (Å²) >= 11 is 6.09. The van der Waals surface area contributed by atoms with E-state index in [2.05, 4.69) is 9.97 Å². The Labute approximate surface area is 201 Å². The fourth-order valence-electron chi connectivity index (χ4n) is 4.01. The number of amides is 1. The molecule has 0 saturated heterocycles. The molecular weight excluding hydrogens is 462 g/mol. The standard InChI is InChI=1S/C22H26ClN7O4/c1-12(11-33-5)30-16-10-29(13-7-15(23)20(31)28(4)9-13)21(32)17(16)25-18(30)14-8-24-22(27(2)3)26-19(14)34-6/h7-9,12H,10-11H2,1-6H3. The fraction of sp³-hybridized carbons (Fsp3) is 0.409. The lowest BCUT2D eigenvalue weighted by Crippen LogP contribution is -2.27. The van der Waals surface area contributed by atoms with Crippen LogP contribution >= 0.6 is 11.6 Å². The highest BCUT2D eigenvalue weighted by atomic mass is 35.5. The zero-order valence-corrected chi connectivity index (χ0v) is 20.6. The highest BCUT2D eigenvalue weighted by Crippen LogP contribution is 2.37. The molecule has 4 heterocycles. The second-order valence-electron chi connectivity index (χ2n) is 8.25. The van der Waals surface area contributed by atoms with Crippen LogP contribution < -0.4 is 20.1 Å². The van der Waals surface area contributed by atoms with Gasteiger partial charge in [0.1, 0.15) is 10.8 Å². The molecule has 4 rings (SSSR count). The van der Waals surface area contributed by atoms with Gasteiger partial charge in [0, 0.05) is 40.6 Å². The first-order valence-corrected chi connectivity index (χ1v) is 10.9. The van der Waals surface area contributed by atoms with Crippen molar-refractivity contribution in [2.75, 3.05) is 44.7 Å². The average Bonchev–Trinajstić information content (AvgIpc) is 3.33. The summed E-state index contributed by atoms with van der Waals surface area (Å²) in [5, 5.41) is 0.0384. The number of ether oxygens (including phenoxy) is 2. The number of fused-ring (bicyclic) bond motifs is 1. The van der Waals surface area contributed by atoms with Crippen LogP contribution in [0.3, 0.4) is 0 Å². The number of imidazole rings is 1. The number of aryl methyl sites for hydroxylation is 1. The minimum Gasteiger partial charge on any atom is -0.480 e. The van der Waals surface area contributed by atoms with Crippen LogP contribution in [0.1, 0.15) is 29.1 Å². The second kappa shape index (κ2) is 9.07. The summed E-state index contributed by atoms with van der Waals surface area (Å²) in [6.07, 6.45) is 3.22. The van der Waals surface area contributed by atoms with E-state index in [1.54, 1.807) is 36.4 Å². The maximum Gasteiger partial charge on any atom is 0.279 e. The highest BCUT2D eigenvalue weighted by molar-refractivity contribution is 6.30. The molecule has 1 aliphatic rings. The summed E-state index contributed by atoms with van der Waals surface area (Å²) < 4.78 is 14.2. The first-order valence-electron chi connectivity index (χ1n) is 10.5. The van der Waals surface area contributed by atoms with E-state index in [0.717, 1.165) is 0 Å². The summed E-state index contributed by atoms with van der Waals surface area (Å²) in [7, 11) is 8.41. The van der Waals surface area contributed by atoms with Gasteiger partial charge in [-0.25, -0.2) is 9.97 Å². The van der Waals surface area contributed by atoms with Gasteiger partial charge in [0.25, 0.3) is 11.5 Å². The first kappa shape index (κ1) is 23.7.